The van der Waals surface area contributed by atoms with Crippen molar-refractivity contribution in [2.75, 3.05) is 4.90 Å². The summed E-state index contributed by atoms with van der Waals surface area (Å²) in [5, 5.41) is 12.5. The van der Waals surface area contributed by atoms with Crippen LogP contribution in [0.5, 0.6) is 0 Å². The lowest BCUT2D eigenvalue weighted by molar-refractivity contribution is -0.140. The quantitative estimate of drug-likeness (QED) is 0.478. The molecule has 0 spiro atoms. The van der Waals surface area contributed by atoms with Crippen molar-refractivity contribution < 1.29 is 24.3 Å². The highest BCUT2D eigenvalue weighted by Crippen LogP contribution is 2.26. The summed E-state index contributed by atoms with van der Waals surface area (Å²) in [6.45, 7) is 1.57. The Kier molecular flexibility index (Phi) is 5.08. The maximum Gasteiger partial charge on any atom is 0.335 e. The highest BCUT2D eigenvalue weighted by Gasteiger charge is 2.36. The minimum atomic E-state index is -0.959. The molecule has 0 bridgehead atoms. The fraction of sp³-hybridized carbons (Fsp3) is 0.0909. The van der Waals surface area contributed by atoms with E-state index in [2.05, 4.69) is 5.32 Å². The van der Waals surface area contributed by atoms with Crippen LogP contribution in [0.1, 0.15) is 18.5 Å². The molecule has 2 N–H and O–H groups in total. The van der Waals surface area contributed by atoms with E-state index in [9.17, 15) is 24.3 Å². The number of carbonyl (C=O) groups is 4. The third-order valence-electron chi connectivity index (χ3n) is 5.00. The van der Waals surface area contributed by atoms with Gasteiger partial charge in [0.1, 0.15) is 11.6 Å². The van der Waals surface area contributed by atoms with Gasteiger partial charge in [-0.2, -0.15) is 0 Å². The fourth-order valence-corrected chi connectivity index (χ4v) is 3.59. The van der Waals surface area contributed by atoms with Crippen molar-refractivity contribution in [3.8, 4) is 0 Å². The second-order valence-electron chi connectivity index (χ2n) is 6.99. The molecule has 2 heterocycles. The fourth-order valence-electron chi connectivity index (χ4n) is 3.40. The summed E-state index contributed by atoms with van der Waals surface area (Å²) in [5.74, 6) is -2.53. The molecule has 8 nitrogen and oxygen atoms in total. The van der Waals surface area contributed by atoms with Crippen LogP contribution in [0, 0.1) is 0 Å². The van der Waals surface area contributed by atoms with Crippen LogP contribution >= 0.6 is 11.6 Å². The predicted octanol–water partition coefficient (Wildman–Crippen LogP) is 3.61. The number of carboxylic acids is 1. The van der Waals surface area contributed by atoms with Gasteiger partial charge in [-0.1, -0.05) is 23.7 Å². The van der Waals surface area contributed by atoms with Crippen LogP contribution < -0.4 is 10.2 Å². The molecule has 3 aromatic rings. The highest BCUT2D eigenvalue weighted by molar-refractivity contribution is 6.39. The van der Waals surface area contributed by atoms with Crippen molar-refractivity contribution in [3.63, 3.8) is 0 Å². The van der Waals surface area contributed by atoms with Gasteiger partial charge in [0.15, 0.2) is 0 Å². The number of nitrogens with zero attached hydrogens (tertiary/aromatic N) is 2. The summed E-state index contributed by atoms with van der Waals surface area (Å²) in [6, 6.07) is 11.4. The van der Waals surface area contributed by atoms with Crippen molar-refractivity contribution in [3.05, 3.63) is 70.9 Å². The number of aromatic nitrogens is 1. The van der Waals surface area contributed by atoms with Gasteiger partial charge in [0, 0.05) is 22.1 Å². The summed E-state index contributed by atoms with van der Waals surface area (Å²) >= 11 is 5.96. The molecule has 1 fully saturated rings. The smallest absolute Gasteiger partial charge is 0.335 e. The third-order valence-corrected chi connectivity index (χ3v) is 5.23. The number of carbonyl (C=O) groups excluding carboxylic acids is 3. The van der Waals surface area contributed by atoms with E-state index in [1.165, 1.54) is 18.2 Å². The van der Waals surface area contributed by atoms with E-state index in [1.807, 2.05) is 0 Å². The van der Waals surface area contributed by atoms with E-state index in [0.717, 1.165) is 10.3 Å². The molecule has 9 heteroatoms. The predicted molar refractivity (Wildman–Crippen MR) is 115 cm³/mol. The number of hydrogen-bond donors (Lipinski definition) is 2. The van der Waals surface area contributed by atoms with Gasteiger partial charge in [-0.05, 0) is 55.0 Å². The molecule has 0 radical (unpaired) electrons. The number of nitrogens with one attached hydrogen (secondary N) is 1. The van der Waals surface area contributed by atoms with Crippen LogP contribution in [0.2, 0.25) is 5.02 Å². The van der Waals surface area contributed by atoms with Crippen LogP contribution in [0.25, 0.3) is 17.0 Å². The van der Waals surface area contributed by atoms with Gasteiger partial charge >= 0.3 is 12.0 Å². The Morgan fingerprint density at radius 1 is 1.13 bits per heavy atom. The second kappa shape index (κ2) is 7.73. The molecule has 31 heavy (non-hydrogen) atoms. The van der Waals surface area contributed by atoms with Crippen molar-refractivity contribution >= 4 is 58.1 Å². The van der Waals surface area contributed by atoms with E-state index in [1.54, 1.807) is 54.1 Å². The summed E-state index contributed by atoms with van der Waals surface area (Å²) in [6.07, 6.45) is 3.05. The van der Waals surface area contributed by atoms with Crippen molar-refractivity contribution in [1.82, 2.24) is 9.88 Å². The molecule has 1 aromatic heterocycles. The lowest BCUT2D eigenvalue weighted by atomic mass is 10.1. The van der Waals surface area contributed by atoms with Crippen molar-refractivity contribution in [1.29, 1.82) is 0 Å². The first-order valence-electron chi connectivity index (χ1n) is 9.26. The number of rotatable bonds is 4. The molecular formula is C22H16ClN3O5. The van der Waals surface area contributed by atoms with Gasteiger partial charge in [-0.15, -0.1) is 0 Å². The average Bonchev–Trinajstić information content (AvgIpc) is 3.13. The van der Waals surface area contributed by atoms with E-state index in [4.69, 9.17) is 11.6 Å². The first kappa shape index (κ1) is 20.4. The molecule has 0 saturated carbocycles. The zero-order valence-corrected chi connectivity index (χ0v) is 17.0. The monoisotopic (exact) mass is 437 g/mol. The number of benzene rings is 2. The highest BCUT2D eigenvalue weighted by atomic mass is 35.5. The second-order valence-corrected chi connectivity index (χ2v) is 7.43. The summed E-state index contributed by atoms with van der Waals surface area (Å²) in [5.41, 5.74) is 1.28. The Morgan fingerprint density at radius 2 is 1.90 bits per heavy atom. The van der Waals surface area contributed by atoms with Crippen LogP contribution in [-0.4, -0.2) is 33.5 Å². The number of halogens is 1. The lowest BCUT2D eigenvalue weighted by Gasteiger charge is -2.26. The van der Waals surface area contributed by atoms with Crippen LogP contribution in [0.4, 0.5) is 10.5 Å². The van der Waals surface area contributed by atoms with E-state index in [0.29, 0.717) is 16.1 Å². The zero-order chi connectivity index (χ0) is 22.3. The van der Waals surface area contributed by atoms with E-state index >= 15 is 0 Å². The topological polar surface area (TPSA) is 109 Å². The first-order chi connectivity index (χ1) is 14.8. The number of hydrogen-bond acceptors (Lipinski definition) is 4. The van der Waals surface area contributed by atoms with Crippen molar-refractivity contribution in [2.24, 2.45) is 0 Å². The number of urea groups is 1. The van der Waals surface area contributed by atoms with Gasteiger partial charge in [-0.25, -0.2) is 14.5 Å². The molecule has 1 saturated heterocycles. The average molecular weight is 438 g/mol. The Balaban J connectivity index is 1.72. The van der Waals surface area contributed by atoms with Gasteiger partial charge in [0.2, 0.25) is 0 Å². The Bertz CT molecular complexity index is 1290. The Morgan fingerprint density at radius 3 is 2.61 bits per heavy atom. The third kappa shape index (κ3) is 3.69. The summed E-state index contributed by atoms with van der Waals surface area (Å²) < 4.78 is 1.62. The SMILES string of the molecule is C[C@@H](C(=O)O)n1ccc2cc(/C=C3\C(=O)NC(=O)N(c4cccc(Cl)c4)C3=O)ccc21. The van der Waals surface area contributed by atoms with Crippen LogP contribution in [-0.2, 0) is 14.4 Å². The number of anilines is 1. The number of carboxylic acid groups (broad SMARTS) is 1. The van der Waals surface area contributed by atoms with Gasteiger partial charge in [0.25, 0.3) is 11.8 Å². The number of fused-ring (bicyclic) bond motifs is 1. The van der Waals surface area contributed by atoms with Crippen LogP contribution in [0.15, 0.2) is 60.3 Å². The molecule has 4 amide bonds. The van der Waals surface area contributed by atoms with Crippen LogP contribution in [0.3, 0.4) is 0 Å². The number of amides is 4. The van der Waals surface area contributed by atoms with Gasteiger partial charge in [-0.3, -0.25) is 14.9 Å². The van der Waals surface area contributed by atoms with Crippen molar-refractivity contribution in [2.45, 2.75) is 13.0 Å². The molecule has 0 aliphatic carbocycles. The summed E-state index contributed by atoms with van der Waals surface area (Å²) in [7, 11) is 0. The molecule has 156 valence electrons. The molecule has 2 aromatic carbocycles. The Hall–Kier alpha value is -3.91. The Labute approximate surface area is 181 Å². The molecular weight excluding hydrogens is 422 g/mol. The summed E-state index contributed by atoms with van der Waals surface area (Å²) in [4.78, 5) is 49.7. The molecule has 1 aliphatic heterocycles. The standard InChI is InChI=1S/C22H16ClN3O5/c1-12(21(29)30)25-8-7-14-9-13(5-6-18(14)25)10-17-19(27)24-22(31)26(20(17)28)16-4-2-3-15(23)11-16/h2-12H,1H3,(H,29,30)(H,24,27,31)/b17-10+/t12-/m0/s1. The molecule has 1 aliphatic rings. The zero-order valence-electron chi connectivity index (χ0n) is 16.2. The largest absolute Gasteiger partial charge is 0.480 e. The normalized spacial score (nSPS) is 16.6. The lowest BCUT2D eigenvalue weighted by Crippen LogP contribution is -2.54. The molecule has 0 unspecified atom stereocenters. The number of barbiturate groups is 1. The molecule has 4 rings (SSSR count). The number of imide groups is 2. The van der Waals surface area contributed by atoms with Gasteiger partial charge < -0.3 is 9.67 Å². The van der Waals surface area contributed by atoms with E-state index in [-0.39, 0.29) is 11.3 Å². The maximum absolute atomic E-state index is 13.0. The minimum Gasteiger partial charge on any atom is -0.480 e. The maximum atomic E-state index is 13.0. The first-order valence-corrected chi connectivity index (χ1v) is 9.64. The molecule has 1 atom stereocenters. The minimum absolute atomic E-state index is 0.211. The van der Waals surface area contributed by atoms with Gasteiger partial charge in [0.05, 0.1) is 5.69 Å². The number of aliphatic carboxylic acids is 1. The van der Waals surface area contributed by atoms with E-state index < -0.39 is 29.9 Å².